The van der Waals surface area contributed by atoms with E-state index in [-0.39, 0.29) is 47.4 Å². The van der Waals surface area contributed by atoms with Crippen molar-refractivity contribution in [3.63, 3.8) is 0 Å². The fourth-order valence-corrected chi connectivity index (χ4v) is 5.00. The number of amides is 1. The standard InChI is InChI=1S/C26H30N2O6.C6H11NO2/c1-6-27-26(32)24-23(17-9-7-16(8-10-17)11-22(31)33-15(4)5)25(34-28-24)19-12-18(14(2)3)20(29)13-21(19)30;1-2-9-6-4-7-3-5(6)8-1/h7-10,12-15,29-30H,6,11H2,1-5H3,(H,27,32);5-7H,1-4H2. The first-order chi connectivity index (χ1) is 20.6. The largest absolute Gasteiger partial charge is 0.508 e. The lowest BCUT2D eigenvalue weighted by Gasteiger charge is -2.24. The van der Waals surface area contributed by atoms with Crippen molar-refractivity contribution >= 4 is 11.9 Å². The van der Waals surface area contributed by atoms with Crippen molar-refractivity contribution in [2.45, 2.75) is 65.3 Å². The molecule has 0 aliphatic carbocycles. The number of aromatic nitrogens is 1. The Balaban J connectivity index is 0.000000395. The van der Waals surface area contributed by atoms with E-state index in [1.54, 1.807) is 51.1 Å². The second-order valence-corrected chi connectivity index (χ2v) is 11.1. The third kappa shape index (κ3) is 7.92. The Kier molecular flexibility index (Phi) is 10.8. The number of nitrogens with one attached hydrogen (secondary N) is 2. The molecule has 2 aliphatic heterocycles. The number of aromatic hydroxyl groups is 2. The number of nitrogens with zero attached hydrogens (tertiary/aromatic N) is 1. The van der Waals surface area contributed by atoms with Crippen LogP contribution in [0.3, 0.4) is 0 Å². The lowest BCUT2D eigenvalue weighted by Crippen LogP contribution is -2.36. The zero-order valence-corrected chi connectivity index (χ0v) is 25.3. The van der Waals surface area contributed by atoms with Crippen molar-refractivity contribution in [2.24, 2.45) is 0 Å². The van der Waals surface area contributed by atoms with Crippen molar-refractivity contribution in [3.05, 3.63) is 53.2 Å². The van der Waals surface area contributed by atoms with E-state index < -0.39 is 5.91 Å². The highest BCUT2D eigenvalue weighted by atomic mass is 16.6. The van der Waals surface area contributed by atoms with Crippen LogP contribution in [0.1, 0.15) is 62.2 Å². The molecule has 2 unspecified atom stereocenters. The van der Waals surface area contributed by atoms with Crippen molar-refractivity contribution in [1.29, 1.82) is 0 Å². The maximum Gasteiger partial charge on any atom is 0.310 e. The van der Waals surface area contributed by atoms with Crippen molar-refractivity contribution < 1.29 is 38.5 Å². The molecule has 3 heterocycles. The molecule has 5 rings (SSSR count). The highest BCUT2D eigenvalue weighted by Crippen LogP contribution is 2.43. The van der Waals surface area contributed by atoms with E-state index in [0.29, 0.717) is 41.0 Å². The highest BCUT2D eigenvalue weighted by molar-refractivity contribution is 6.02. The van der Waals surface area contributed by atoms with Gasteiger partial charge in [0.2, 0.25) is 0 Å². The minimum Gasteiger partial charge on any atom is -0.508 e. The number of hydrogen-bond acceptors (Lipinski definition) is 10. The fourth-order valence-electron chi connectivity index (χ4n) is 5.00. The van der Waals surface area contributed by atoms with Gasteiger partial charge in [-0.1, -0.05) is 43.3 Å². The van der Waals surface area contributed by atoms with E-state index in [1.807, 2.05) is 13.8 Å². The van der Waals surface area contributed by atoms with Gasteiger partial charge in [-0.15, -0.1) is 0 Å². The molecular formula is C32H41N3O8. The van der Waals surface area contributed by atoms with Crippen molar-refractivity contribution in [1.82, 2.24) is 15.8 Å². The zero-order valence-electron chi connectivity index (χ0n) is 25.3. The molecule has 3 aromatic rings. The normalized spacial score (nSPS) is 17.7. The third-order valence-electron chi connectivity index (χ3n) is 7.07. The van der Waals surface area contributed by atoms with Gasteiger partial charge < -0.3 is 39.6 Å². The second kappa shape index (κ2) is 14.5. The van der Waals surface area contributed by atoms with Crippen molar-refractivity contribution in [3.8, 4) is 33.9 Å². The first-order valence-corrected chi connectivity index (χ1v) is 14.7. The minimum atomic E-state index is -0.417. The number of ether oxygens (including phenoxy) is 3. The Bertz CT molecular complexity index is 1390. The monoisotopic (exact) mass is 595 g/mol. The Morgan fingerprint density at radius 1 is 1.02 bits per heavy atom. The van der Waals surface area contributed by atoms with E-state index >= 15 is 0 Å². The minimum absolute atomic E-state index is 0.0153. The van der Waals surface area contributed by atoms with Crippen LogP contribution in [0.2, 0.25) is 0 Å². The fraction of sp³-hybridized carbons (Fsp3) is 0.469. The molecule has 2 aromatic carbocycles. The van der Waals surface area contributed by atoms with Crippen LogP contribution in [0.25, 0.3) is 22.5 Å². The molecule has 2 fully saturated rings. The van der Waals surface area contributed by atoms with Gasteiger partial charge in [0.15, 0.2) is 11.5 Å². The summed E-state index contributed by atoms with van der Waals surface area (Å²) in [5.41, 5.74) is 2.77. The third-order valence-corrected chi connectivity index (χ3v) is 7.07. The van der Waals surface area contributed by atoms with Gasteiger partial charge >= 0.3 is 5.97 Å². The van der Waals surface area contributed by atoms with Gasteiger partial charge in [0, 0.05) is 25.7 Å². The first kappa shape index (κ1) is 32.0. The molecule has 2 atom stereocenters. The van der Waals surface area contributed by atoms with Gasteiger partial charge in [-0.25, -0.2) is 0 Å². The lowest BCUT2D eigenvalue weighted by molar-refractivity contribution is -0.146. The maximum atomic E-state index is 12.7. The molecule has 2 aliphatic rings. The van der Waals surface area contributed by atoms with E-state index in [4.69, 9.17) is 18.7 Å². The number of carbonyl (C=O) groups is 2. The molecule has 0 radical (unpaired) electrons. The van der Waals surface area contributed by atoms with Gasteiger partial charge in [-0.05, 0) is 49.4 Å². The molecule has 0 bridgehead atoms. The number of fused-ring (bicyclic) bond motifs is 1. The van der Waals surface area contributed by atoms with Crippen LogP contribution in [-0.4, -0.2) is 78.4 Å². The van der Waals surface area contributed by atoms with Crippen molar-refractivity contribution in [2.75, 3.05) is 32.8 Å². The molecule has 0 saturated carbocycles. The molecule has 4 N–H and O–H groups in total. The summed E-state index contributed by atoms with van der Waals surface area (Å²) >= 11 is 0. The zero-order chi connectivity index (χ0) is 31.1. The average Bonchev–Trinajstić information content (AvgIpc) is 3.61. The summed E-state index contributed by atoms with van der Waals surface area (Å²) in [6.45, 7) is 13.1. The molecule has 1 aromatic heterocycles. The second-order valence-electron chi connectivity index (χ2n) is 11.1. The SMILES string of the molecule is C1COC2CNCC2O1.CCNC(=O)c1noc(-c2cc(C(C)C)c(O)cc2O)c1-c1ccc(CC(=O)OC(C)C)cc1. The summed E-state index contributed by atoms with van der Waals surface area (Å²) in [6, 6.07) is 9.95. The van der Waals surface area contributed by atoms with Crippen LogP contribution in [0.15, 0.2) is 40.9 Å². The Labute approximate surface area is 251 Å². The van der Waals surface area contributed by atoms with Crippen LogP contribution in [-0.2, 0) is 25.4 Å². The van der Waals surface area contributed by atoms with Gasteiger partial charge in [0.1, 0.15) is 11.5 Å². The van der Waals surface area contributed by atoms with Crippen LogP contribution >= 0.6 is 0 Å². The predicted octanol–water partition coefficient (Wildman–Crippen LogP) is 4.16. The number of carbonyl (C=O) groups excluding carboxylic acids is 2. The highest BCUT2D eigenvalue weighted by Gasteiger charge is 2.31. The molecule has 2 saturated heterocycles. The molecule has 11 nitrogen and oxygen atoms in total. The quantitative estimate of drug-likeness (QED) is 0.279. The van der Waals surface area contributed by atoms with E-state index in [1.165, 1.54) is 6.07 Å². The molecule has 232 valence electrons. The van der Waals surface area contributed by atoms with Gasteiger partial charge in [-0.2, -0.15) is 0 Å². The Hall–Kier alpha value is -3.93. The van der Waals surface area contributed by atoms with Crippen LogP contribution in [0.4, 0.5) is 0 Å². The number of esters is 1. The summed E-state index contributed by atoms with van der Waals surface area (Å²) in [5.74, 6) is -0.786. The summed E-state index contributed by atoms with van der Waals surface area (Å²) in [4.78, 5) is 24.7. The maximum absolute atomic E-state index is 12.7. The molecular weight excluding hydrogens is 554 g/mol. The summed E-state index contributed by atoms with van der Waals surface area (Å²) < 4.78 is 21.6. The first-order valence-electron chi connectivity index (χ1n) is 14.7. The van der Waals surface area contributed by atoms with Crippen LogP contribution in [0.5, 0.6) is 11.5 Å². The van der Waals surface area contributed by atoms with Gasteiger partial charge in [0.25, 0.3) is 5.91 Å². The summed E-state index contributed by atoms with van der Waals surface area (Å²) in [6.07, 6.45) is 0.589. The van der Waals surface area contributed by atoms with Crippen LogP contribution in [0, 0.1) is 0 Å². The number of hydrogen-bond donors (Lipinski definition) is 4. The Morgan fingerprint density at radius 2 is 1.67 bits per heavy atom. The molecule has 1 amide bonds. The van der Waals surface area contributed by atoms with Gasteiger partial charge in [0.05, 0.1) is 49.1 Å². The summed E-state index contributed by atoms with van der Waals surface area (Å²) in [5, 5.41) is 30.7. The number of benzene rings is 2. The topological polar surface area (TPSA) is 152 Å². The number of rotatable bonds is 8. The van der Waals surface area contributed by atoms with Gasteiger partial charge in [-0.3, -0.25) is 9.59 Å². The van der Waals surface area contributed by atoms with E-state index in [0.717, 1.165) is 31.9 Å². The number of phenols is 2. The lowest BCUT2D eigenvalue weighted by atomic mass is 9.93. The molecule has 0 spiro atoms. The predicted molar refractivity (Wildman–Crippen MR) is 160 cm³/mol. The van der Waals surface area contributed by atoms with E-state index in [9.17, 15) is 19.8 Å². The number of phenolic OH excluding ortho intramolecular Hbond substituents is 2. The summed E-state index contributed by atoms with van der Waals surface area (Å²) in [7, 11) is 0. The molecule has 43 heavy (non-hydrogen) atoms. The Morgan fingerprint density at radius 3 is 2.26 bits per heavy atom. The molecule has 11 heteroatoms. The van der Waals surface area contributed by atoms with E-state index in [2.05, 4.69) is 15.8 Å². The smallest absolute Gasteiger partial charge is 0.310 e. The average molecular weight is 596 g/mol. The van der Waals surface area contributed by atoms with Crippen LogP contribution < -0.4 is 10.6 Å².